The van der Waals surface area contributed by atoms with Crippen LogP contribution >= 0.6 is 57.4 Å². The predicted molar refractivity (Wildman–Crippen MR) is 101 cm³/mol. The molecule has 0 unspecified atom stereocenters. The quantitative estimate of drug-likeness (QED) is 0.375. The lowest BCUT2D eigenvalue weighted by atomic mass is 10.2. The first-order valence-electron chi connectivity index (χ1n) is 6.65. The monoisotopic (exact) mass is 484 g/mol. The molecule has 3 nitrogen and oxygen atoms in total. The zero-order chi connectivity index (χ0) is 17.0. The molecule has 0 amide bonds. The summed E-state index contributed by atoms with van der Waals surface area (Å²) in [4.78, 5) is 11.4. The fraction of sp³-hybridized carbons (Fsp3) is 0.188. The van der Waals surface area contributed by atoms with Crippen molar-refractivity contribution in [2.75, 3.05) is 6.61 Å². The second kappa shape index (κ2) is 8.42. The molecule has 0 N–H and O–H groups in total. The van der Waals surface area contributed by atoms with E-state index in [1.165, 1.54) is 0 Å². The van der Waals surface area contributed by atoms with E-state index in [2.05, 4.69) is 22.6 Å². The summed E-state index contributed by atoms with van der Waals surface area (Å²) in [6, 6.07) is 8.52. The van der Waals surface area contributed by atoms with E-state index in [0.717, 1.165) is 9.13 Å². The van der Waals surface area contributed by atoms with E-state index in [1.807, 2.05) is 13.0 Å². The number of rotatable bonds is 6. The first kappa shape index (κ1) is 18.6. The highest BCUT2D eigenvalue weighted by Crippen LogP contribution is 2.35. The topological polar surface area (TPSA) is 35.5 Å². The Balaban J connectivity index is 2.27. The minimum atomic E-state index is -0.542. The molecule has 0 atom stereocenters. The summed E-state index contributed by atoms with van der Waals surface area (Å²) < 4.78 is 12.1. The molecule has 0 aliphatic carbocycles. The molecule has 0 spiro atoms. The number of ether oxygens (including phenoxy) is 2. The van der Waals surface area contributed by atoms with Gasteiger partial charge in [-0.1, -0.05) is 29.3 Å². The Kier molecular flexibility index (Phi) is 6.83. The molecule has 0 aromatic heterocycles. The van der Waals surface area contributed by atoms with Crippen LogP contribution in [0.3, 0.4) is 0 Å². The van der Waals surface area contributed by atoms with Gasteiger partial charge < -0.3 is 9.47 Å². The molecule has 0 radical (unpaired) electrons. The van der Waals surface area contributed by atoms with Crippen molar-refractivity contribution >= 4 is 62.6 Å². The molecule has 0 saturated heterocycles. The van der Waals surface area contributed by atoms with E-state index in [1.54, 1.807) is 24.3 Å². The number of hydrogen-bond acceptors (Lipinski definition) is 3. The smallest absolute Gasteiger partial charge is 0.252 e. The summed E-state index contributed by atoms with van der Waals surface area (Å²) >= 11 is 19.5. The van der Waals surface area contributed by atoms with Crippen LogP contribution in [-0.2, 0) is 6.61 Å². The lowest BCUT2D eigenvalue weighted by Gasteiger charge is -2.15. The molecule has 0 saturated carbocycles. The summed E-state index contributed by atoms with van der Waals surface area (Å²) in [7, 11) is 0. The number of hydrogen-bond donors (Lipinski definition) is 0. The second-order valence-electron chi connectivity index (χ2n) is 4.53. The Labute approximate surface area is 163 Å². The van der Waals surface area contributed by atoms with Gasteiger partial charge in [0, 0.05) is 5.56 Å². The lowest BCUT2D eigenvalue weighted by Crippen LogP contribution is -2.03. The molecule has 23 heavy (non-hydrogen) atoms. The third-order valence-corrected chi connectivity index (χ3v) is 4.66. The van der Waals surface area contributed by atoms with Crippen LogP contribution in [0.2, 0.25) is 10.0 Å². The molecular weight excluding hydrogens is 473 g/mol. The van der Waals surface area contributed by atoms with Crippen LogP contribution in [0.1, 0.15) is 22.8 Å². The van der Waals surface area contributed by atoms with Crippen molar-refractivity contribution in [3.63, 3.8) is 0 Å². The largest absolute Gasteiger partial charge is 0.490 e. The third kappa shape index (κ3) is 4.89. The summed E-state index contributed by atoms with van der Waals surface area (Å²) in [5.74, 6) is 1.03. The molecule has 2 aromatic rings. The van der Waals surface area contributed by atoms with Crippen LogP contribution in [0, 0.1) is 3.57 Å². The van der Waals surface area contributed by atoms with E-state index in [0.29, 0.717) is 40.3 Å². The Morgan fingerprint density at radius 1 is 1.13 bits per heavy atom. The van der Waals surface area contributed by atoms with E-state index >= 15 is 0 Å². The first-order valence-corrected chi connectivity index (χ1v) is 8.86. The zero-order valence-corrected chi connectivity index (χ0v) is 16.5. The van der Waals surface area contributed by atoms with Crippen molar-refractivity contribution in [1.29, 1.82) is 0 Å². The van der Waals surface area contributed by atoms with Gasteiger partial charge in [-0.15, -0.1) is 0 Å². The normalized spacial score (nSPS) is 10.5. The third-order valence-electron chi connectivity index (χ3n) is 2.90. The summed E-state index contributed by atoms with van der Waals surface area (Å²) in [5.41, 5.74) is 1.23. The van der Waals surface area contributed by atoms with Crippen LogP contribution in [-0.4, -0.2) is 11.8 Å². The number of carbonyl (C=O) groups excluding carboxylic acids is 1. The summed E-state index contributed by atoms with van der Waals surface area (Å²) in [5, 5.41) is 0.417. The standard InChI is InChI=1S/C16H12Cl3IO3/c1-2-22-14-7-10(16(19)21)6-13(20)15(14)23-8-9-3-4-11(17)12(18)5-9/h3-7H,2,8H2,1H3. The number of benzene rings is 2. The average molecular weight is 486 g/mol. The Morgan fingerprint density at radius 3 is 2.48 bits per heavy atom. The lowest BCUT2D eigenvalue weighted by molar-refractivity contribution is 0.108. The van der Waals surface area contributed by atoms with E-state index in [9.17, 15) is 4.79 Å². The maximum atomic E-state index is 11.4. The van der Waals surface area contributed by atoms with E-state index < -0.39 is 5.24 Å². The highest BCUT2D eigenvalue weighted by atomic mass is 127. The van der Waals surface area contributed by atoms with Crippen molar-refractivity contribution in [2.45, 2.75) is 13.5 Å². The molecular formula is C16H12Cl3IO3. The second-order valence-corrected chi connectivity index (χ2v) is 6.85. The molecule has 2 aromatic carbocycles. The SMILES string of the molecule is CCOc1cc(C(=O)Cl)cc(I)c1OCc1ccc(Cl)c(Cl)c1. The molecule has 0 fully saturated rings. The minimum absolute atomic E-state index is 0.293. The van der Waals surface area contributed by atoms with Crippen LogP contribution in [0.5, 0.6) is 11.5 Å². The Morgan fingerprint density at radius 2 is 1.87 bits per heavy atom. The molecule has 0 aliphatic heterocycles. The summed E-state index contributed by atoms with van der Waals surface area (Å²) in [6.45, 7) is 2.59. The number of halogens is 4. The van der Waals surface area contributed by atoms with Gasteiger partial charge >= 0.3 is 0 Å². The predicted octanol–water partition coefficient (Wildman–Crippen LogP) is 5.95. The van der Waals surface area contributed by atoms with Gasteiger partial charge in [0.25, 0.3) is 5.24 Å². The van der Waals surface area contributed by atoms with Crippen LogP contribution < -0.4 is 9.47 Å². The molecule has 2 rings (SSSR count). The van der Waals surface area contributed by atoms with Gasteiger partial charge in [0.1, 0.15) is 6.61 Å². The molecule has 0 bridgehead atoms. The van der Waals surface area contributed by atoms with Gasteiger partial charge in [-0.2, -0.15) is 0 Å². The van der Waals surface area contributed by atoms with Crippen LogP contribution in [0.4, 0.5) is 0 Å². The Bertz CT molecular complexity index is 735. The van der Waals surface area contributed by atoms with Gasteiger partial charge in [0.2, 0.25) is 0 Å². The van der Waals surface area contributed by atoms with Gasteiger partial charge in [-0.3, -0.25) is 4.79 Å². The van der Waals surface area contributed by atoms with Crippen LogP contribution in [0.25, 0.3) is 0 Å². The van der Waals surface area contributed by atoms with Crippen molar-refractivity contribution in [1.82, 2.24) is 0 Å². The maximum absolute atomic E-state index is 11.4. The molecule has 0 aliphatic rings. The van der Waals surface area contributed by atoms with Crippen molar-refractivity contribution in [2.24, 2.45) is 0 Å². The van der Waals surface area contributed by atoms with Gasteiger partial charge in [-0.05, 0) is 70.9 Å². The van der Waals surface area contributed by atoms with Gasteiger partial charge in [-0.25, -0.2) is 0 Å². The zero-order valence-electron chi connectivity index (χ0n) is 12.0. The molecule has 0 heterocycles. The van der Waals surface area contributed by atoms with Crippen molar-refractivity contribution in [3.8, 4) is 11.5 Å². The fourth-order valence-electron chi connectivity index (χ4n) is 1.87. The Hall–Kier alpha value is -0.690. The van der Waals surface area contributed by atoms with Crippen LogP contribution in [0.15, 0.2) is 30.3 Å². The fourth-order valence-corrected chi connectivity index (χ4v) is 3.06. The highest BCUT2D eigenvalue weighted by Gasteiger charge is 2.15. The van der Waals surface area contributed by atoms with Crippen molar-refractivity contribution in [3.05, 3.63) is 55.1 Å². The molecule has 122 valence electrons. The number of carbonyl (C=O) groups is 1. The first-order chi connectivity index (χ1) is 10.9. The maximum Gasteiger partial charge on any atom is 0.252 e. The average Bonchev–Trinajstić information content (AvgIpc) is 2.49. The van der Waals surface area contributed by atoms with E-state index in [4.69, 9.17) is 44.3 Å². The highest BCUT2D eigenvalue weighted by molar-refractivity contribution is 14.1. The summed E-state index contributed by atoms with van der Waals surface area (Å²) in [6.07, 6.45) is 0. The van der Waals surface area contributed by atoms with Gasteiger partial charge in [0.05, 0.1) is 20.2 Å². The minimum Gasteiger partial charge on any atom is -0.490 e. The van der Waals surface area contributed by atoms with E-state index in [-0.39, 0.29) is 0 Å². The molecule has 7 heteroatoms. The van der Waals surface area contributed by atoms with Crippen molar-refractivity contribution < 1.29 is 14.3 Å². The van der Waals surface area contributed by atoms with Gasteiger partial charge in [0.15, 0.2) is 11.5 Å².